The highest BCUT2D eigenvalue weighted by Gasteiger charge is 2.35. The second-order valence-corrected chi connectivity index (χ2v) is 7.97. The average molecular weight is 353 g/mol. The monoisotopic (exact) mass is 353 g/mol. The molecule has 2 heterocycles. The standard InChI is InChI=1S/C17H27N3O3S/c1-12-9-13(2)19-16(18-12)24-14(3)15(22)20(4)10-17(11-21)5-7-23-8-6-17/h9,14,21H,5-8,10-11H2,1-4H3/t14-/m0/s1. The number of hydrogen-bond acceptors (Lipinski definition) is 6. The molecule has 24 heavy (non-hydrogen) atoms. The number of aromatic nitrogens is 2. The van der Waals surface area contributed by atoms with Crippen molar-refractivity contribution in [3.05, 3.63) is 17.5 Å². The summed E-state index contributed by atoms with van der Waals surface area (Å²) in [7, 11) is 1.80. The largest absolute Gasteiger partial charge is 0.396 e. The van der Waals surface area contributed by atoms with Crippen LogP contribution in [-0.4, -0.2) is 64.5 Å². The predicted octanol–water partition coefficient (Wildman–Crippen LogP) is 1.82. The molecule has 7 heteroatoms. The average Bonchev–Trinajstić information content (AvgIpc) is 2.53. The minimum absolute atomic E-state index is 0.0297. The van der Waals surface area contributed by atoms with E-state index in [1.807, 2.05) is 26.8 Å². The molecule has 1 saturated heterocycles. The molecular formula is C17H27N3O3S. The zero-order valence-corrected chi connectivity index (χ0v) is 15.7. The number of ether oxygens (including phenoxy) is 1. The van der Waals surface area contributed by atoms with E-state index in [0.29, 0.717) is 24.9 Å². The van der Waals surface area contributed by atoms with Gasteiger partial charge in [-0.2, -0.15) is 0 Å². The number of aliphatic hydroxyl groups is 1. The summed E-state index contributed by atoms with van der Waals surface area (Å²) in [5, 5.41) is 10.1. The highest BCUT2D eigenvalue weighted by Crippen LogP contribution is 2.31. The maximum Gasteiger partial charge on any atom is 0.235 e. The van der Waals surface area contributed by atoms with Crippen molar-refractivity contribution in [3.8, 4) is 0 Å². The van der Waals surface area contributed by atoms with Gasteiger partial charge in [0.05, 0.1) is 11.9 Å². The summed E-state index contributed by atoms with van der Waals surface area (Å²) in [6, 6.07) is 1.92. The molecule has 1 amide bonds. The number of amides is 1. The molecule has 1 aromatic heterocycles. The summed E-state index contributed by atoms with van der Waals surface area (Å²) in [6.45, 7) is 7.63. The van der Waals surface area contributed by atoms with Gasteiger partial charge in [-0.05, 0) is 39.7 Å². The van der Waals surface area contributed by atoms with Crippen LogP contribution in [0.4, 0.5) is 0 Å². The van der Waals surface area contributed by atoms with Crippen molar-refractivity contribution in [2.45, 2.75) is 44.0 Å². The van der Waals surface area contributed by atoms with E-state index in [1.165, 1.54) is 11.8 Å². The van der Waals surface area contributed by atoms with Crippen molar-refractivity contribution in [2.24, 2.45) is 5.41 Å². The Bertz CT molecular complexity index is 556. The summed E-state index contributed by atoms with van der Waals surface area (Å²) in [4.78, 5) is 23.2. The van der Waals surface area contributed by atoms with E-state index in [9.17, 15) is 9.90 Å². The van der Waals surface area contributed by atoms with Gasteiger partial charge < -0.3 is 14.7 Å². The van der Waals surface area contributed by atoms with Crippen LogP contribution in [0.2, 0.25) is 0 Å². The molecule has 0 saturated carbocycles. The van der Waals surface area contributed by atoms with E-state index in [-0.39, 0.29) is 23.2 Å². The van der Waals surface area contributed by atoms with Crippen molar-refractivity contribution in [2.75, 3.05) is 33.4 Å². The number of carbonyl (C=O) groups is 1. The Balaban J connectivity index is 1.98. The third-order valence-corrected chi connectivity index (χ3v) is 5.38. The van der Waals surface area contributed by atoms with E-state index >= 15 is 0 Å². The van der Waals surface area contributed by atoms with E-state index in [2.05, 4.69) is 9.97 Å². The molecule has 1 aliphatic heterocycles. The Labute approximate surface area is 148 Å². The van der Waals surface area contributed by atoms with Gasteiger partial charge >= 0.3 is 0 Å². The van der Waals surface area contributed by atoms with Crippen LogP contribution >= 0.6 is 11.8 Å². The van der Waals surface area contributed by atoms with Crippen LogP contribution in [0.25, 0.3) is 0 Å². The first-order valence-corrected chi connectivity index (χ1v) is 9.16. The quantitative estimate of drug-likeness (QED) is 0.621. The molecule has 0 aliphatic carbocycles. The van der Waals surface area contributed by atoms with Crippen LogP contribution in [0.5, 0.6) is 0 Å². The molecule has 6 nitrogen and oxygen atoms in total. The Morgan fingerprint density at radius 2 is 1.96 bits per heavy atom. The first-order valence-electron chi connectivity index (χ1n) is 8.28. The fourth-order valence-electron chi connectivity index (χ4n) is 3.02. The molecule has 0 spiro atoms. The molecule has 134 valence electrons. The number of rotatable bonds is 6. The molecule has 0 radical (unpaired) electrons. The topological polar surface area (TPSA) is 75.6 Å². The van der Waals surface area contributed by atoms with Gasteiger partial charge in [-0.15, -0.1) is 0 Å². The van der Waals surface area contributed by atoms with E-state index in [0.717, 1.165) is 24.2 Å². The Hall–Kier alpha value is -1.18. The lowest BCUT2D eigenvalue weighted by Crippen LogP contribution is -2.46. The molecule has 1 atom stereocenters. The maximum atomic E-state index is 12.7. The fraction of sp³-hybridized carbons (Fsp3) is 0.706. The van der Waals surface area contributed by atoms with Crippen molar-refractivity contribution < 1.29 is 14.6 Å². The molecule has 0 bridgehead atoms. The highest BCUT2D eigenvalue weighted by atomic mass is 32.2. The summed E-state index contributed by atoms with van der Waals surface area (Å²) in [5.74, 6) is 0.0297. The minimum atomic E-state index is -0.271. The highest BCUT2D eigenvalue weighted by molar-refractivity contribution is 8.00. The summed E-state index contributed by atoms with van der Waals surface area (Å²) >= 11 is 1.38. The van der Waals surface area contributed by atoms with E-state index in [1.54, 1.807) is 11.9 Å². The van der Waals surface area contributed by atoms with Crippen LogP contribution in [0.3, 0.4) is 0 Å². The number of aryl methyl sites for hydroxylation is 2. The minimum Gasteiger partial charge on any atom is -0.396 e. The third-order valence-electron chi connectivity index (χ3n) is 4.43. The molecule has 0 unspecified atom stereocenters. The Morgan fingerprint density at radius 1 is 1.38 bits per heavy atom. The zero-order chi connectivity index (χ0) is 17.7. The summed E-state index contributed by atoms with van der Waals surface area (Å²) in [6.07, 6.45) is 1.56. The number of thioether (sulfide) groups is 1. The molecule has 0 aromatic carbocycles. The van der Waals surface area contributed by atoms with Gasteiger partial charge in [0, 0.05) is 43.6 Å². The van der Waals surface area contributed by atoms with Gasteiger partial charge in [0.15, 0.2) is 5.16 Å². The molecule has 1 aromatic rings. The molecule has 1 N–H and O–H groups in total. The number of hydrogen-bond donors (Lipinski definition) is 1. The van der Waals surface area contributed by atoms with E-state index < -0.39 is 0 Å². The first kappa shape index (κ1) is 19.1. The second kappa shape index (κ2) is 8.27. The summed E-state index contributed by atoms with van der Waals surface area (Å²) in [5.41, 5.74) is 1.56. The van der Waals surface area contributed by atoms with Gasteiger partial charge in [-0.3, -0.25) is 4.79 Å². The van der Waals surface area contributed by atoms with Crippen molar-refractivity contribution in [1.82, 2.24) is 14.9 Å². The maximum absolute atomic E-state index is 12.7. The Morgan fingerprint density at radius 3 is 2.50 bits per heavy atom. The normalized spacial score (nSPS) is 18.2. The van der Waals surface area contributed by atoms with Crippen LogP contribution < -0.4 is 0 Å². The van der Waals surface area contributed by atoms with Crippen LogP contribution in [-0.2, 0) is 9.53 Å². The lowest BCUT2D eigenvalue weighted by Gasteiger charge is -2.39. The van der Waals surface area contributed by atoms with Crippen molar-refractivity contribution in [3.63, 3.8) is 0 Å². The lowest BCUT2D eigenvalue weighted by molar-refractivity contribution is -0.132. The number of aliphatic hydroxyl groups excluding tert-OH is 1. The fourth-order valence-corrected chi connectivity index (χ4v) is 4.01. The third kappa shape index (κ3) is 4.91. The zero-order valence-electron chi connectivity index (χ0n) is 14.9. The number of carbonyl (C=O) groups excluding carboxylic acids is 1. The van der Waals surface area contributed by atoms with Gasteiger partial charge in [0.2, 0.25) is 5.91 Å². The molecule has 2 rings (SSSR count). The van der Waals surface area contributed by atoms with E-state index in [4.69, 9.17) is 4.74 Å². The molecule has 1 fully saturated rings. The summed E-state index contributed by atoms with van der Waals surface area (Å²) < 4.78 is 5.38. The van der Waals surface area contributed by atoms with Gasteiger partial charge in [-0.1, -0.05) is 11.8 Å². The van der Waals surface area contributed by atoms with Gasteiger partial charge in [0.25, 0.3) is 0 Å². The van der Waals surface area contributed by atoms with Crippen molar-refractivity contribution in [1.29, 1.82) is 0 Å². The first-order chi connectivity index (χ1) is 11.3. The number of nitrogens with zero attached hydrogens (tertiary/aromatic N) is 3. The second-order valence-electron chi connectivity index (χ2n) is 6.66. The molecule has 1 aliphatic rings. The lowest BCUT2D eigenvalue weighted by atomic mass is 9.80. The van der Waals surface area contributed by atoms with Crippen LogP contribution in [0.1, 0.15) is 31.2 Å². The van der Waals surface area contributed by atoms with Crippen molar-refractivity contribution >= 4 is 17.7 Å². The van der Waals surface area contributed by atoms with Crippen LogP contribution in [0, 0.1) is 19.3 Å². The van der Waals surface area contributed by atoms with Gasteiger partial charge in [0.1, 0.15) is 0 Å². The van der Waals surface area contributed by atoms with Gasteiger partial charge in [-0.25, -0.2) is 9.97 Å². The Kier molecular flexibility index (Phi) is 6.60. The smallest absolute Gasteiger partial charge is 0.235 e. The van der Waals surface area contributed by atoms with Crippen LogP contribution in [0.15, 0.2) is 11.2 Å². The molecular weight excluding hydrogens is 326 g/mol. The SMILES string of the molecule is Cc1cc(C)nc(S[C@@H](C)C(=O)N(C)CC2(CO)CCOCC2)n1. The predicted molar refractivity (Wildman–Crippen MR) is 94.0 cm³/mol.